The van der Waals surface area contributed by atoms with Crippen LogP contribution in [0, 0.1) is 0 Å². The number of hydrogen-bond acceptors (Lipinski definition) is 3. The molecule has 0 heterocycles. The van der Waals surface area contributed by atoms with Gasteiger partial charge in [0, 0.05) is 6.07 Å². The topological polar surface area (TPSA) is 77.8 Å². The zero-order valence-corrected chi connectivity index (χ0v) is 6.21. The lowest BCUT2D eigenvalue weighted by atomic mass is 10.3. The van der Waals surface area contributed by atoms with Gasteiger partial charge in [0.05, 0.1) is 0 Å². The lowest BCUT2D eigenvalue weighted by Crippen LogP contribution is -1.87. The second-order valence-corrected chi connectivity index (χ2v) is 2.84. The molecule has 0 saturated heterocycles. The van der Waals surface area contributed by atoms with E-state index in [9.17, 15) is 4.21 Å². The monoisotopic (exact) mass is 174 g/mol. The van der Waals surface area contributed by atoms with Crippen LogP contribution in [0.4, 0.5) is 0 Å². The Kier molecular flexibility index (Phi) is 2.11. The fraction of sp³-hybridized carbons (Fsp3) is 0. The van der Waals surface area contributed by atoms with Crippen LogP contribution in [0.15, 0.2) is 23.1 Å². The zero-order valence-electron chi connectivity index (χ0n) is 5.39. The van der Waals surface area contributed by atoms with Crippen molar-refractivity contribution in [2.75, 3.05) is 0 Å². The second-order valence-electron chi connectivity index (χ2n) is 1.90. The summed E-state index contributed by atoms with van der Waals surface area (Å²) in [6.07, 6.45) is 0. The molecule has 0 radical (unpaired) electrons. The Labute approximate surface area is 65.4 Å². The van der Waals surface area contributed by atoms with Gasteiger partial charge in [-0.15, -0.1) is 0 Å². The Bertz CT molecular complexity index is 297. The fourth-order valence-corrected chi connectivity index (χ4v) is 1.08. The second kappa shape index (κ2) is 2.89. The summed E-state index contributed by atoms with van der Waals surface area (Å²) in [5, 5.41) is 17.7. The molecule has 1 unspecified atom stereocenters. The average molecular weight is 174 g/mol. The summed E-state index contributed by atoms with van der Waals surface area (Å²) in [6, 6.07) is 3.41. The third kappa shape index (κ3) is 1.69. The molecule has 0 bridgehead atoms. The maximum absolute atomic E-state index is 10.4. The van der Waals surface area contributed by atoms with Crippen molar-refractivity contribution in [3.8, 4) is 11.5 Å². The Morgan fingerprint density at radius 1 is 1.27 bits per heavy atom. The van der Waals surface area contributed by atoms with Gasteiger partial charge < -0.3 is 14.8 Å². The predicted octanol–water partition coefficient (Wildman–Crippen LogP) is 0.678. The van der Waals surface area contributed by atoms with Crippen molar-refractivity contribution in [2.45, 2.75) is 4.90 Å². The molecule has 1 atom stereocenters. The molecular formula is C6H6O4S. The van der Waals surface area contributed by atoms with E-state index in [2.05, 4.69) is 0 Å². The summed E-state index contributed by atoms with van der Waals surface area (Å²) in [5.41, 5.74) is 0. The van der Waals surface area contributed by atoms with Crippen molar-refractivity contribution >= 4 is 11.1 Å². The molecule has 0 aliphatic rings. The largest absolute Gasteiger partial charge is 0.508 e. The summed E-state index contributed by atoms with van der Waals surface area (Å²) in [4.78, 5) is -0.109. The van der Waals surface area contributed by atoms with Gasteiger partial charge in [0.2, 0.25) is 0 Å². The molecule has 0 spiro atoms. The van der Waals surface area contributed by atoms with E-state index in [4.69, 9.17) is 14.8 Å². The third-order valence-corrected chi connectivity index (χ3v) is 1.85. The molecule has 11 heavy (non-hydrogen) atoms. The highest BCUT2D eigenvalue weighted by molar-refractivity contribution is 7.79. The van der Waals surface area contributed by atoms with Gasteiger partial charge in [-0.2, -0.15) is 0 Å². The number of phenols is 2. The van der Waals surface area contributed by atoms with Crippen LogP contribution in [0.25, 0.3) is 0 Å². The lowest BCUT2D eigenvalue weighted by molar-refractivity contribution is 0.438. The Morgan fingerprint density at radius 3 is 2.36 bits per heavy atom. The fourth-order valence-electron chi connectivity index (χ4n) is 0.653. The lowest BCUT2D eigenvalue weighted by Gasteiger charge is -1.98. The van der Waals surface area contributed by atoms with Crippen LogP contribution >= 0.6 is 0 Å². The molecule has 60 valence electrons. The Balaban J connectivity index is 3.20. The van der Waals surface area contributed by atoms with Gasteiger partial charge in [0.15, 0.2) is 11.1 Å². The van der Waals surface area contributed by atoms with Gasteiger partial charge in [-0.1, -0.05) is 0 Å². The molecule has 1 aromatic carbocycles. The molecule has 1 aromatic rings. The standard InChI is InChI=1S/C6H6O4S/c7-4-1-2-6(11(9)10)5(8)3-4/h1-3,7-8H,(H,9,10). The van der Waals surface area contributed by atoms with Crippen molar-refractivity contribution in [1.82, 2.24) is 0 Å². The van der Waals surface area contributed by atoms with Crippen LogP contribution in [-0.4, -0.2) is 19.0 Å². The summed E-state index contributed by atoms with van der Waals surface area (Å²) in [5.74, 6) is -0.525. The van der Waals surface area contributed by atoms with Crippen LogP contribution < -0.4 is 0 Å². The summed E-state index contributed by atoms with van der Waals surface area (Å²) < 4.78 is 18.9. The van der Waals surface area contributed by atoms with Gasteiger partial charge in [0.1, 0.15) is 16.4 Å². The predicted molar refractivity (Wildman–Crippen MR) is 38.8 cm³/mol. The van der Waals surface area contributed by atoms with Gasteiger partial charge in [-0.3, -0.25) is 0 Å². The van der Waals surface area contributed by atoms with Crippen molar-refractivity contribution in [2.24, 2.45) is 0 Å². The minimum Gasteiger partial charge on any atom is -0.508 e. The number of rotatable bonds is 1. The molecule has 0 amide bonds. The van der Waals surface area contributed by atoms with E-state index in [-0.39, 0.29) is 16.4 Å². The van der Waals surface area contributed by atoms with Crippen LogP contribution in [0.5, 0.6) is 11.5 Å². The molecule has 0 saturated carbocycles. The first-order chi connectivity index (χ1) is 5.11. The van der Waals surface area contributed by atoms with Gasteiger partial charge in [0.25, 0.3) is 0 Å². The first kappa shape index (κ1) is 8.03. The Morgan fingerprint density at radius 2 is 1.91 bits per heavy atom. The molecular weight excluding hydrogens is 168 g/mol. The van der Waals surface area contributed by atoms with Crippen LogP contribution in [0.1, 0.15) is 0 Å². The third-order valence-electron chi connectivity index (χ3n) is 1.13. The van der Waals surface area contributed by atoms with E-state index in [1.807, 2.05) is 0 Å². The van der Waals surface area contributed by atoms with Gasteiger partial charge in [-0.25, -0.2) is 4.21 Å². The van der Waals surface area contributed by atoms with Crippen molar-refractivity contribution in [3.05, 3.63) is 18.2 Å². The maximum Gasteiger partial charge on any atom is 0.190 e. The van der Waals surface area contributed by atoms with Gasteiger partial charge in [-0.05, 0) is 12.1 Å². The normalized spacial score (nSPS) is 12.8. The van der Waals surface area contributed by atoms with E-state index in [0.29, 0.717) is 0 Å². The average Bonchev–Trinajstić information content (AvgIpc) is 1.85. The number of phenolic OH excluding ortho intramolecular Hbond substituents is 2. The van der Waals surface area contributed by atoms with E-state index in [1.165, 1.54) is 12.1 Å². The highest BCUT2D eigenvalue weighted by Crippen LogP contribution is 2.24. The minimum absolute atomic E-state index is 0.109. The molecule has 0 fully saturated rings. The molecule has 0 aromatic heterocycles. The number of hydrogen-bond donors (Lipinski definition) is 3. The van der Waals surface area contributed by atoms with E-state index in [0.717, 1.165) is 6.07 Å². The SMILES string of the molecule is O=S(O)c1ccc(O)cc1O. The molecule has 4 nitrogen and oxygen atoms in total. The quantitative estimate of drug-likeness (QED) is 0.547. The number of benzene rings is 1. The van der Waals surface area contributed by atoms with Gasteiger partial charge >= 0.3 is 0 Å². The molecule has 1 rings (SSSR count). The van der Waals surface area contributed by atoms with E-state index in [1.54, 1.807) is 0 Å². The minimum atomic E-state index is -2.21. The number of aromatic hydroxyl groups is 2. The van der Waals surface area contributed by atoms with E-state index >= 15 is 0 Å². The highest BCUT2D eigenvalue weighted by atomic mass is 32.2. The molecule has 0 aliphatic carbocycles. The Hall–Kier alpha value is -1.07. The summed E-state index contributed by atoms with van der Waals surface area (Å²) in [6.45, 7) is 0. The van der Waals surface area contributed by atoms with E-state index < -0.39 is 11.1 Å². The maximum atomic E-state index is 10.4. The first-order valence-electron chi connectivity index (χ1n) is 2.74. The van der Waals surface area contributed by atoms with Crippen molar-refractivity contribution in [1.29, 1.82) is 0 Å². The zero-order chi connectivity index (χ0) is 8.43. The molecule has 0 aliphatic heterocycles. The molecule has 5 heteroatoms. The summed E-state index contributed by atoms with van der Waals surface area (Å²) >= 11 is -2.21. The van der Waals surface area contributed by atoms with Crippen LogP contribution in [-0.2, 0) is 11.1 Å². The summed E-state index contributed by atoms with van der Waals surface area (Å²) in [7, 11) is 0. The van der Waals surface area contributed by atoms with Crippen molar-refractivity contribution in [3.63, 3.8) is 0 Å². The van der Waals surface area contributed by atoms with Crippen molar-refractivity contribution < 1.29 is 19.0 Å². The smallest absolute Gasteiger partial charge is 0.190 e. The highest BCUT2D eigenvalue weighted by Gasteiger charge is 2.06. The first-order valence-corrected chi connectivity index (χ1v) is 3.85. The van der Waals surface area contributed by atoms with Crippen LogP contribution in [0.3, 0.4) is 0 Å². The molecule has 3 N–H and O–H groups in total. The van der Waals surface area contributed by atoms with Crippen LogP contribution in [0.2, 0.25) is 0 Å².